The Kier molecular flexibility index (Phi) is 11.7. The fraction of sp³-hybridized carbons (Fsp3) is 0.400. The van der Waals surface area contributed by atoms with E-state index in [-0.39, 0.29) is 12.8 Å². The summed E-state index contributed by atoms with van der Waals surface area (Å²) in [7, 11) is 0. The van der Waals surface area contributed by atoms with Crippen molar-refractivity contribution in [2.45, 2.75) is 54.4 Å². The van der Waals surface area contributed by atoms with Crippen LogP contribution < -0.4 is 0 Å². The predicted molar refractivity (Wildman–Crippen MR) is 94.4 cm³/mol. The molecule has 0 fully saturated rings. The lowest BCUT2D eigenvalue weighted by atomic mass is 9.78. The molecule has 2 aromatic rings. The van der Waals surface area contributed by atoms with Crippen molar-refractivity contribution >= 4 is 0 Å². The van der Waals surface area contributed by atoms with E-state index in [1.165, 1.54) is 11.1 Å². The molecule has 20 heavy (non-hydrogen) atoms. The summed E-state index contributed by atoms with van der Waals surface area (Å²) >= 11 is 0. The van der Waals surface area contributed by atoms with Gasteiger partial charge in [0, 0.05) is 5.41 Å². The summed E-state index contributed by atoms with van der Waals surface area (Å²) in [6, 6.07) is 21.3. The van der Waals surface area contributed by atoms with Crippen molar-refractivity contribution in [2.75, 3.05) is 0 Å². The van der Waals surface area contributed by atoms with E-state index < -0.39 is 0 Å². The molecule has 0 spiro atoms. The van der Waals surface area contributed by atoms with Crippen molar-refractivity contribution < 1.29 is 0 Å². The summed E-state index contributed by atoms with van der Waals surface area (Å²) in [5, 5.41) is 0. The molecule has 0 heterocycles. The minimum Gasteiger partial charge on any atom is -0.0776 e. The molecule has 0 aliphatic carbocycles. The van der Waals surface area contributed by atoms with E-state index in [2.05, 4.69) is 74.5 Å². The Hall–Kier alpha value is -1.56. The van der Waals surface area contributed by atoms with Crippen LogP contribution in [0, 0.1) is 0 Å². The zero-order chi connectivity index (χ0) is 14.7. The van der Waals surface area contributed by atoms with E-state index in [0.717, 1.165) is 0 Å². The quantitative estimate of drug-likeness (QED) is 0.570. The molecule has 0 radical (unpaired) electrons. The monoisotopic (exact) mass is 272 g/mol. The Morgan fingerprint density at radius 2 is 0.800 bits per heavy atom. The molecule has 0 saturated heterocycles. The van der Waals surface area contributed by atoms with Gasteiger partial charge in [-0.2, -0.15) is 0 Å². The largest absolute Gasteiger partial charge is 0.0776 e. The normalized spacial score (nSPS) is 9.10. The molecule has 0 aromatic heterocycles. The average molecular weight is 272 g/mol. The minimum absolute atomic E-state index is 0. The van der Waals surface area contributed by atoms with Crippen molar-refractivity contribution in [1.82, 2.24) is 0 Å². The summed E-state index contributed by atoms with van der Waals surface area (Å²) in [5.41, 5.74) is 2.80. The smallest absolute Gasteiger partial charge is 0.0146 e. The first-order valence-corrected chi connectivity index (χ1v) is 7.32. The lowest BCUT2D eigenvalue weighted by Crippen LogP contribution is -2.18. The standard InChI is InChI=1S/C15H16.2C2H6.CH4/c1-15(2,13-9-5-3-6-10-13)14-11-7-4-8-12-14;2*1-2;/h3-12H,1-2H3;2*1-2H3;1H4. The first-order valence-electron chi connectivity index (χ1n) is 7.32. The Labute approximate surface area is 126 Å². The molecular formula is C20H32. The Morgan fingerprint density at radius 3 is 1.05 bits per heavy atom. The molecule has 2 aromatic carbocycles. The van der Waals surface area contributed by atoms with Crippen molar-refractivity contribution in [3.05, 3.63) is 71.8 Å². The van der Waals surface area contributed by atoms with Gasteiger partial charge in [-0.1, -0.05) is 110 Å². The predicted octanol–water partition coefficient (Wildman–Crippen LogP) is 6.70. The van der Waals surface area contributed by atoms with E-state index in [1.54, 1.807) is 0 Å². The molecule has 0 N–H and O–H groups in total. The van der Waals surface area contributed by atoms with Crippen molar-refractivity contribution in [3.8, 4) is 0 Å². The van der Waals surface area contributed by atoms with Gasteiger partial charge in [0.05, 0.1) is 0 Å². The highest BCUT2D eigenvalue weighted by Gasteiger charge is 2.21. The van der Waals surface area contributed by atoms with E-state index in [4.69, 9.17) is 0 Å². The number of benzene rings is 2. The first-order chi connectivity index (χ1) is 9.21. The van der Waals surface area contributed by atoms with Gasteiger partial charge in [-0.05, 0) is 11.1 Å². The highest BCUT2D eigenvalue weighted by molar-refractivity contribution is 5.36. The van der Waals surface area contributed by atoms with Crippen LogP contribution in [0.15, 0.2) is 60.7 Å². The zero-order valence-corrected chi connectivity index (χ0v) is 13.3. The maximum absolute atomic E-state index is 2.26. The third-order valence-corrected chi connectivity index (χ3v) is 2.99. The Morgan fingerprint density at radius 1 is 0.550 bits per heavy atom. The second-order valence-electron chi connectivity index (χ2n) is 4.36. The van der Waals surface area contributed by atoms with Gasteiger partial charge in [0.25, 0.3) is 0 Å². The lowest BCUT2D eigenvalue weighted by molar-refractivity contribution is 0.641. The van der Waals surface area contributed by atoms with Crippen LogP contribution in [-0.4, -0.2) is 0 Å². The van der Waals surface area contributed by atoms with E-state index in [0.29, 0.717) is 0 Å². The molecule has 0 bridgehead atoms. The second kappa shape index (κ2) is 11.3. The average Bonchev–Trinajstić information content (AvgIpc) is 2.53. The van der Waals surface area contributed by atoms with Crippen LogP contribution in [0.25, 0.3) is 0 Å². The topological polar surface area (TPSA) is 0 Å². The van der Waals surface area contributed by atoms with Gasteiger partial charge in [-0.15, -0.1) is 0 Å². The summed E-state index contributed by atoms with van der Waals surface area (Å²) in [4.78, 5) is 0. The first kappa shape index (κ1) is 20.8. The molecular weight excluding hydrogens is 240 g/mol. The summed E-state index contributed by atoms with van der Waals surface area (Å²) < 4.78 is 0. The van der Waals surface area contributed by atoms with Gasteiger partial charge in [0.15, 0.2) is 0 Å². The number of hydrogen-bond donors (Lipinski definition) is 0. The van der Waals surface area contributed by atoms with Crippen LogP contribution in [-0.2, 0) is 5.41 Å². The summed E-state index contributed by atoms with van der Waals surface area (Å²) in [6.45, 7) is 12.5. The lowest BCUT2D eigenvalue weighted by Gasteiger charge is -2.25. The number of hydrogen-bond acceptors (Lipinski definition) is 0. The van der Waals surface area contributed by atoms with Gasteiger partial charge < -0.3 is 0 Å². The van der Waals surface area contributed by atoms with Crippen LogP contribution in [0.1, 0.15) is 60.1 Å². The zero-order valence-electron chi connectivity index (χ0n) is 13.3. The molecule has 0 aliphatic heterocycles. The minimum atomic E-state index is 0. The molecule has 0 atom stereocenters. The SMILES string of the molecule is C.CC.CC.CC(C)(c1ccccc1)c1ccccc1. The molecule has 0 nitrogen and oxygen atoms in total. The van der Waals surface area contributed by atoms with Crippen molar-refractivity contribution in [2.24, 2.45) is 0 Å². The van der Waals surface area contributed by atoms with Gasteiger partial charge in [-0.3, -0.25) is 0 Å². The van der Waals surface area contributed by atoms with Crippen LogP contribution in [0.2, 0.25) is 0 Å². The van der Waals surface area contributed by atoms with E-state index in [9.17, 15) is 0 Å². The van der Waals surface area contributed by atoms with Crippen LogP contribution in [0.5, 0.6) is 0 Å². The molecule has 0 heteroatoms. The van der Waals surface area contributed by atoms with Crippen molar-refractivity contribution in [3.63, 3.8) is 0 Å². The Bertz CT molecular complexity index is 371. The van der Waals surface area contributed by atoms with Crippen molar-refractivity contribution in [1.29, 1.82) is 0 Å². The molecule has 0 amide bonds. The molecule has 112 valence electrons. The second-order valence-corrected chi connectivity index (χ2v) is 4.36. The van der Waals surface area contributed by atoms with Gasteiger partial charge in [-0.25, -0.2) is 0 Å². The fourth-order valence-corrected chi connectivity index (χ4v) is 1.88. The molecule has 0 aliphatic rings. The van der Waals surface area contributed by atoms with E-state index in [1.807, 2.05) is 27.7 Å². The van der Waals surface area contributed by atoms with Gasteiger partial charge in [0.1, 0.15) is 0 Å². The highest BCUT2D eigenvalue weighted by Crippen LogP contribution is 2.30. The third-order valence-electron chi connectivity index (χ3n) is 2.99. The summed E-state index contributed by atoms with van der Waals surface area (Å²) in [5.74, 6) is 0. The highest BCUT2D eigenvalue weighted by atomic mass is 14.2. The maximum Gasteiger partial charge on any atom is 0.0146 e. The van der Waals surface area contributed by atoms with E-state index >= 15 is 0 Å². The third kappa shape index (κ3) is 5.61. The molecule has 0 saturated carbocycles. The maximum atomic E-state index is 2.26. The number of rotatable bonds is 2. The molecule has 2 rings (SSSR count). The molecule has 0 unspecified atom stereocenters. The fourth-order valence-electron chi connectivity index (χ4n) is 1.88. The Balaban J connectivity index is 0. The van der Waals surface area contributed by atoms with Gasteiger partial charge >= 0.3 is 0 Å². The van der Waals surface area contributed by atoms with Gasteiger partial charge in [0.2, 0.25) is 0 Å². The van der Waals surface area contributed by atoms with Crippen LogP contribution in [0.3, 0.4) is 0 Å². The van der Waals surface area contributed by atoms with Crippen LogP contribution in [0.4, 0.5) is 0 Å². The summed E-state index contributed by atoms with van der Waals surface area (Å²) in [6.07, 6.45) is 0. The van der Waals surface area contributed by atoms with Crippen LogP contribution >= 0.6 is 0 Å².